The van der Waals surface area contributed by atoms with Crippen LogP contribution in [0.1, 0.15) is 87.4 Å². The van der Waals surface area contributed by atoms with Gasteiger partial charge in [0.1, 0.15) is 27.6 Å². The van der Waals surface area contributed by atoms with Gasteiger partial charge in [0.05, 0.1) is 16.9 Å². The summed E-state index contributed by atoms with van der Waals surface area (Å²) in [4.78, 5) is 25.3. The zero-order chi connectivity index (χ0) is 31.8. The van der Waals surface area contributed by atoms with E-state index >= 15 is 8.78 Å². The van der Waals surface area contributed by atoms with E-state index in [1.54, 1.807) is 16.7 Å². The maximum absolute atomic E-state index is 15.9. The molecule has 4 aliphatic rings. The summed E-state index contributed by atoms with van der Waals surface area (Å²) >= 11 is 0. The molecule has 0 unspecified atom stereocenters. The molecule has 242 valence electrons. The molecule has 0 radical (unpaired) electrons. The third kappa shape index (κ3) is 6.84. The third-order valence-electron chi connectivity index (χ3n) is 9.93. The average molecular weight is 640 g/mol. The summed E-state index contributed by atoms with van der Waals surface area (Å²) < 4.78 is 57.9. The van der Waals surface area contributed by atoms with Crippen molar-refractivity contribution < 1.29 is 17.2 Å². The van der Waals surface area contributed by atoms with Gasteiger partial charge in [-0.15, -0.1) is 0 Å². The highest BCUT2D eigenvalue weighted by Gasteiger charge is 2.42. The Hall–Kier alpha value is -3.18. The second kappa shape index (κ2) is 12.9. The van der Waals surface area contributed by atoms with Crippen molar-refractivity contribution in [1.29, 1.82) is 0 Å². The SMILES string of the molecule is C/C1=C\CCCCn2c(=O)c(C3CCS(=O)(=O)CC3)cc3c(ncnc32)N[C@H](C)c2cccc(c2)C(F)(F)C2CCN(CC2)C1. The van der Waals surface area contributed by atoms with Crippen molar-refractivity contribution in [2.75, 3.05) is 36.5 Å². The molecule has 6 heterocycles. The summed E-state index contributed by atoms with van der Waals surface area (Å²) in [6.45, 7) is 6.58. The van der Waals surface area contributed by atoms with Gasteiger partial charge in [0.2, 0.25) is 0 Å². The lowest BCUT2D eigenvalue weighted by Crippen LogP contribution is -2.40. The lowest BCUT2D eigenvalue weighted by atomic mass is 9.85. The number of alkyl halides is 2. The Morgan fingerprint density at radius 3 is 2.51 bits per heavy atom. The number of benzene rings is 1. The molecule has 0 saturated carbocycles. The molecule has 2 saturated heterocycles. The van der Waals surface area contributed by atoms with Crippen LogP contribution in [0.5, 0.6) is 0 Å². The highest BCUT2D eigenvalue weighted by molar-refractivity contribution is 7.91. The molecule has 1 aromatic carbocycles. The first kappa shape index (κ1) is 31.8. The number of halogens is 2. The first-order valence-corrected chi connectivity index (χ1v) is 18.1. The van der Waals surface area contributed by atoms with Crippen molar-refractivity contribution in [3.8, 4) is 0 Å². The molecule has 3 aromatic rings. The molecule has 8 bridgehead atoms. The summed E-state index contributed by atoms with van der Waals surface area (Å²) in [6.07, 6.45) is 7.89. The summed E-state index contributed by atoms with van der Waals surface area (Å²) in [7, 11) is -3.10. The van der Waals surface area contributed by atoms with E-state index < -0.39 is 21.7 Å². The molecular formula is C34H43F2N5O3S. The number of aromatic nitrogens is 3. The Morgan fingerprint density at radius 1 is 1.00 bits per heavy atom. The molecule has 2 fully saturated rings. The van der Waals surface area contributed by atoms with Crippen LogP contribution in [0.3, 0.4) is 0 Å². The van der Waals surface area contributed by atoms with E-state index in [1.807, 2.05) is 19.1 Å². The van der Waals surface area contributed by atoms with Gasteiger partial charge < -0.3 is 5.32 Å². The lowest BCUT2D eigenvalue weighted by molar-refractivity contribution is -0.0848. The Kier molecular flexibility index (Phi) is 9.12. The van der Waals surface area contributed by atoms with Crippen LogP contribution < -0.4 is 10.9 Å². The summed E-state index contributed by atoms with van der Waals surface area (Å²) in [5, 5.41) is 4.09. The molecule has 0 aliphatic carbocycles. The minimum absolute atomic E-state index is 0.0324. The van der Waals surface area contributed by atoms with Crippen LogP contribution in [0, 0.1) is 5.92 Å². The standard InChI is InChI=1S/C34H43F2N5O3S/c1-23-7-4-3-5-14-41-32-30(20-29(33(41)42)25-12-17-45(43,44)18-13-25)31(37-22-38-32)39-24(2)26-8-6-9-28(19-26)34(35,36)27-10-15-40(21-23)16-11-27/h6-9,19-20,22,24-25,27H,3-5,10-18,21H2,1-2H3,(H,37,38,39)/b23-7+/t24-/m1/s1. The van der Waals surface area contributed by atoms with Crippen molar-refractivity contribution in [2.45, 2.75) is 83.2 Å². The number of nitrogens with zero attached hydrogens (tertiary/aromatic N) is 4. The maximum atomic E-state index is 15.9. The fourth-order valence-corrected chi connectivity index (χ4v) is 8.68. The fourth-order valence-electron chi connectivity index (χ4n) is 7.19. The molecule has 1 N–H and O–H groups in total. The number of piperidine rings is 1. The lowest BCUT2D eigenvalue weighted by Gasteiger charge is -2.36. The number of nitrogens with one attached hydrogen (secondary N) is 1. The molecule has 0 spiro atoms. The van der Waals surface area contributed by atoms with Gasteiger partial charge in [-0.1, -0.05) is 29.8 Å². The second-order valence-corrected chi connectivity index (χ2v) is 15.5. The van der Waals surface area contributed by atoms with Gasteiger partial charge in [-0.2, -0.15) is 0 Å². The Balaban J connectivity index is 1.41. The monoisotopic (exact) mass is 639 g/mol. The van der Waals surface area contributed by atoms with Gasteiger partial charge in [-0.3, -0.25) is 14.3 Å². The number of sulfone groups is 1. The molecule has 8 nitrogen and oxygen atoms in total. The Morgan fingerprint density at radius 2 is 1.76 bits per heavy atom. The van der Waals surface area contributed by atoms with Crippen LogP contribution in [0.2, 0.25) is 0 Å². The average Bonchev–Trinajstić information content (AvgIpc) is 3.02. The Bertz CT molecular complexity index is 1730. The highest BCUT2D eigenvalue weighted by atomic mass is 32.2. The second-order valence-electron chi connectivity index (χ2n) is 13.2. The quantitative estimate of drug-likeness (QED) is 0.317. The summed E-state index contributed by atoms with van der Waals surface area (Å²) in [5.74, 6) is -3.18. The maximum Gasteiger partial charge on any atom is 0.276 e. The Labute approximate surface area is 263 Å². The number of aryl methyl sites for hydroxylation is 1. The molecule has 0 amide bonds. The van der Waals surface area contributed by atoms with Crippen LogP contribution in [0.15, 0.2) is 53.1 Å². The first-order chi connectivity index (χ1) is 21.5. The molecule has 4 aliphatic heterocycles. The predicted octanol–water partition coefficient (Wildman–Crippen LogP) is 6.19. The van der Waals surface area contributed by atoms with Crippen molar-refractivity contribution in [1.82, 2.24) is 19.4 Å². The smallest absolute Gasteiger partial charge is 0.276 e. The number of rotatable bonds is 1. The number of allylic oxidation sites excluding steroid dienone is 1. The third-order valence-corrected chi connectivity index (χ3v) is 11.6. The van der Waals surface area contributed by atoms with E-state index in [9.17, 15) is 13.2 Å². The number of hydrogen-bond donors (Lipinski definition) is 1. The van der Waals surface area contributed by atoms with E-state index in [0.717, 1.165) is 25.8 Å². The largest absolute Gasteiger partial charge is 0.363 e. The first-order valence-electron chi connectivity index (χ1n) is 16.2. The van der Waals surface area contributed by atoms with Gasteiger partial charge in [0.25, 0.3) is 11.5 Å². The van der Waals surface area contributed by atoms with Gasteiger partial charge in [-0.25, -0.2) is 27.2 Å². The number of fused-ring (bicyclic) bond motifs is 8. The van der Waals surface area contributed by atoms with E-state index in [1.165, 1.54) is 18.0 Å². The van der Waals surface area contributed by atoms with Crippen molar-refractivity contribution in [3.63, 3.8) is 0 Å². The van der Waals surface area contributed by atoms with Crippen molar-refractivity contribution in [3.05, 3.63) is 75.4 Å². The fraction of sp³-hybridized carbons (Fsp3) is 0.559. The predicted molar refractivity (Wildman–Crippen MR) is 174 cm³/mol. The van der Waals surface area contributed by atoms with Gasteiger partial charge in [0.15, 0.2) is 0 Å². The van der Waals surface area contributed by atoms with E-state index in [0.29, 0.717) is 73.3 Å². The zero-order valence-electron chi connectivity index (χ0n) is 26.1. The molecule has 45 heavy (non-hydrogen) atoms. The van der Waals surface area contributed by atoms with Crippen molar-refractivity contribution in [2.24, 2.45) is 5.92 Å². The van der Waals surface area contributed by atoms with E-state index in [4.69, 9.17) is 0 Å². The minimum Gasteiger partial charge on any atom is -0.363 e. The van der Waals surface area contributed by atoms with Gasteiger partial charge >= 0.3 is 0 Å². The molecule has 11 heteroatoms. The minimum atomic E-state index is -3.10. The van der Waals surface area contributed by atoms with Gasteiger partial charge in [-0.05, 0) is 95.5 Å². The molecular weight excluding hydrogens is 596 g/mol. The topological polar surface area (TPSA) is 97.2 Å². The summed E-state index contributed by atoms with van der Waals surface area (Å²) in [6, 6.07) is 8.14. The molecule has 2 aromatic heterocycles. The normalized spacial score (nSPS) is 27.3. The number of hydrogen-bond acceptors (Lipinski definition) is 7. The number of pyridine rings is 1. The summed E-state index contributed by atoms with van der Waals surface area (Å²) in [5.41, 5.74) is 2.95. The number of anilines is 1. The van der Waals surface area contributed by atoms with E-state index in [2.05, 4.69) is 33.2 Å². The van der Waals surface area contributed by atoms with Crippen LogP contribution in [-0.2, 0) is 22.3 Å². The van der Waals surface area contributed by atoms with Crippen LogP contribution in [-0.4, -0.2) is 59.0 Å². The van der Waals surface area contributed by atoms with Crippen LogP contribution in [0.4, 0.5) is 14.6 Å². The van der Waals surface area contributed by atoms with Crippen LogP contribution >= 0.6 is 0 Å². The molecule has 7 rings (SSSR count). The van der Waals surface area contributed by atoms with Crippen LogP contribution in [0.25, 0.3) is 11.0 Å². The van der Waals surface area contributed by atoms with E-state index in [-0.39, 0.29) is 34.6 Å². The zero-order valence-corrected chi connectivity index (χ0v) is 27.0. The highest BCUT2D eigenvalue weighted by Crippen LogP contribution is 2.42. The van der Waals surface area contributed by atoms with Crippen molar-refractivity contribution >= 4 is 26.7 Å². The molecule has 1 atom stereocenters. The van der Waals surface area contributed by atoms with Gasteiger partial charge in [0, 0.05) is 36.2 Å².